The Balaban J connectivity index is 1.76. The molecule has 0 aromatic heterocycles. The van der Waals surface area contributed by atoms with E-state index in [0.29, 0.717) is 16.7 Å². The average Bonchev–Trinajstić information content (AvgIpc) is 2.55. The maximum Gasteiger partial charge on any atom is 0.177 e. The minimum Gasteiger partial charge on any atom is -0.349 e. The molecule has 3 rings (SSSR count). The Bertz CT molecular complexity index is 630. The normalized spacial score (nSPS) is 22.7. The number of nitrogens with one attached hydrogen (secondary N) is 1. The highest BCUT2D eigenvalue weighted by Gasteiger charge is 2.29. The van der Waals surface area contributed by atoms with Crippen molar-refractivity contribution in [3.63, 3.8) is 0 Å². The van der Waals surface area contributed by atoms with Crippen LogP contribution in [0.5, 0.6) is 0 Å². The molecule has 1 saturated heterocycles. The van der Waals surface area contributed by atoms with Gasteiger partial charge in [0, 0.05) is 16.6 Å². The van der Waals surface area contributed by atoms with E-state index in [4.69, 9.17) is 32.7 Å². The molecule has 1 aliphatic heterocycles. The summed E-state index contributed by atoms with van der Waals surface area (Å²) in [4.78, 5) is 0. The van der Waals surface area contributed by atoms with Crippen LogP contribution in [0.3, 0.4) is 0 Å². The van der Waals surface area contributed by atoms with Gasteiger partial charge in [0.25, 0.3) is 0 Å². The highest BCUT2D eigenvalue weighted by molar-refractivity contribution is 6.34. The summed E-state index contributed by atoms with van der Waals surface area (Å²) in [6.45, 7) is 3.40. The average molecular weight is 352 g/mol. The molecular formula is C18H19Cl2NO2. The molecule has 3 unspecified atom stereocenters. The Morgan fingerprint density at radius 1 is 1.13 bits per heavy atom. The van der Waals surface area contributed by atoms with Crippen molar-refractivity contribution in [2.45, 2.75) is 25.4 Å². The van der Waals surface area contributed by atoms with Crippen LogP contribution in [0.4, 0.5) is 0 Å². The van der Waals surface area contributed by atoms with E-state index < -0.39 is 0 Å². The molecule has 0 radical (unpaired) electrons. The molecule has 0 amide bonds. The van der Waals surface area contributed by atoms with Crippen LogP contribution in [-0.4, -0.2) is 19.4 Å². The van der Waals surface area contributed by atoms with Crippen molar-refractivity contribution in [3.8, 4) is 0 Å². The zero-order valence-electron chi connectivity index (χ0n) is 12.8. The quantitative estimate of drug-likeness (QED) is 0.861. The Hall–Kier alpha value is -1.10. The third-order valence-corrected chi connectivity index (χ3v) is 4.31. The summed E-state index contributed by atoms with van der Waals surface area (Å²) >= 11 is 12.2. The molecule has 1 aliphatic rings. The maximum atomic E-state index is 6.15. The molecule has 5 heteroatoms. The second-order valence-corrected chi connectivity index (χ2v) is 6.44. The lowest BCUT2D eigenvalue weighted by molar-refractivity contribution is -0.200. The maximum absolute atomic E-state index is 6.15. The van der Waals surface area contributed by atoms with Crippen LogP contribution in [0.15, 0.2) is 48.5 Å². The summed E-state index contributed by atoms with van der Waals surface area (Å²) in [5.74, 6) is 0. The minimum atomic E-state index is -0.362. The van der Waals surface area contributed by atoms with Crippen molar-refractivity contribution in [2.75, 3.05) is 13.2 Å². The summed E-state index contributed by atoms with van der Waals surface area (Å²) < 4.78 is 12.0. The first-order valence-electron chi connectivity index (χ1n) is 7.65. The van der Waals surface area contributed by atoms with Gasteiger partial charge in [0.15, 0.2) is 6.29 Å². The van der Waals surface area contributed by atoms with E-state index in [1.165, 1.54) is 0 Å². The third-order valence-electron chi connectivity index (χ3n) is 3.87. The zero-order valence-corrected chi connectivity index (χ0v) is 14.3. The standard InChI is InChI=1S/C18H19Cl2NO2/c1-12(14-9-15(19)11-16(20)10-14)23-18-17(21-7-8-22-18)13-5-3-2-4-6-13/h2-6,9-12,17-18,21H,7-8H2,1H3. The van der Waals surface area contributed by atoms with Crippen LogP contribution in [-0.2, 0) is 9.47 Å². The number of hydrogen-bond acceptors (Lipinski definition) is 3. The second kappa shape index (κ2) is 7.65. The summed E-state index contributed by atoms with van der Waals surface area (Å²) in [6, 6.07) is 15.6. The molecule has 2 aromatic carbocycles. The highest BCUT2D eigenvalue weighted by atomic mass is 35.5. The lowest BCUT2D eigenvalue weighted by Crippen LogP contribution is -2.43. The Kier molecular flexibility index (Phi) is 5.57. The smallest absolute Gasteiger partial charge is 0.177 e. The van der Waals surface area contributed by atoms with Crippen molar-refractivity contribution in [1.82, 2.24) is 5.32 Å². The molecular weight excluding hydrogens is 333 g/mol. The first kappa shape index (κ1) is 16.7. The van der Waals surface area contributed by atoms with Gasteiger partial charge >= 0.3 is 0 Å². The van der Waals surface area contributed by atoms with Crippen molar-refractivity contribution in [3.05, 3.63) is 69.7 Å². The molecule has 1 heterocycles. The van der Waals surface area contributed by atoms with Crippen molar-refractivity contribution in [1.29, 1.82) is 0 Å². The van der Waals surface area contributed by atoms with E-state index in [0.717, 1.165) is 17.7 Å². The first-order chi connectivity index (χ1) is 11.1. The molecule has 1 N–H and O–H groups in total. The lowest BCUT2D eigenvalue weighted by Gasteiger charge is -2.34. The minimum absolute atomic E-state index is 0.00190. The topological polar surface area (TPSA) is 30.5 Å². The lowest BCUT2D eigenvalue weighted by atomic mass is 10.1. The fourth-order valence-corrected chi connectivity index (χ4v) is 3.27. The molecule has 3 atom stereocenters. The molecule has 0 bridgehead atoms. The zero-order chi connectivity index (χ0) is 16.2. The first-order valence-corrected chi connectivity index (χ1v) is 8.40. The van der Waals surface area contributed by atoms with Gasteiger partial charge < -0.3 is 14.8 Å². The molecule has 122 valence electrons. The van der Waals surface area contributed by atoms with Gasteiger partial charge in [-0.15, -0.1) is 0 Å². The van der Waals surface area contributed by atoms with E-state index in [2.05, 4.69) is 17.4 Å². The molecule has 2 aromatic rings. The van der Waals surface area contributed by atoms with Gasteiger partial charge in [-0.25, -0.2) is 0 Å². The number of ether oxygens (including phenoxy) is 2. The highest BCUT2D eigenvalue weighted by Crippen LogP contribution is 2.30. The Morgan fingerprint density at radius 2 is 1.83 bits per heavy atom. The number of morpholine rings is 1. The van der Waals surface area contributed by atoms with Gasteiger partial charge in [-0.05, 0) is 36.2 Å². The van der Waals surface area contributed by atoms with Gasteiger partial charge in [-0.2, -0.15) is 0 Å². The van der Waals surface area contributed by atoms with E-state index in [-0.39, 0.29) is 18.4 Å². The van der Waals surface area contributed by atoms with Gasteiger partial charge in [-0.3, -0.25) is 0 Å². The van der Waals surface area contributed by atoms with Crippen LogP contribution in [0, 0.1) is 0 Å². The van der Waals surface area contributed by atoms with Gasteiger partial charge in [0.1, 0.15) is 0 Å². The largest absolute Gasteiger partial charge is 0.349 e. The monoisotopic (exact) mass is 351 g/mol. The Labute approximate surface area is 146 Å². The van der Waals surface area contributed by atoms with Crippen LogP contribution in [0.25, 0.3) is 0 Å². The third kappa shape index (κ3) is 4.25. The summed E-state index contributed by atoms with van der Waals surface area (Å²) in [7, 11) is 0. The van der Waals surface area contributed by atoms with Crippen LogP contribution >= 0.6 is 23.2 Å². The molecule has 3 nitrogen and oxygen atoms in total. The molecule has 0 saturated carbocycles. The predicted octanol–water partition coefficient (Wildman–Crippen LogP) is 4.76. The van der Waals surface area contributed by atoms with E-state index in [1.54, 1.807) is 6.07 Å². The van der Waals surface area contributed by atoms with Crippen molar-refractivity contribution in [2.24, 2.45) is 0 Å². The van der Waals surface area contributed by atoms with E-state index >= 15 is 0 Å². The van der Waals surface area contributed by atoms with Crippen molar-refractivity contribution < 1.29 is 9.47 Å². The number of benzene rings is 2. The molecule has 0 aliphatic carbocycles. The van der Waals surface area contributed by atoms with Crippen LogP contribution in [0.2, 0.25) is 10.0 Å². The number of hydrogen-bond donors (Lipinski definition) is 1. The molecule has 0 spiro atoms. The fraction of sp³-hybridized carbons (Fsp3) is 0.333. The van der Waals surface area contributed by atoms with Gasteiger partial charge in [-0.1, -0.05) is 53.5 Å². The number of halogens is 2. The number of rotatable bonds is 4. The van der Waals surface area contributed by atoms with Gasteiger partial charge in [0.05, 0.1) is 18.8 Å². The van der Waals surface area contributed by atoms with Crippen LogP contribution in [0.1, 0.15) is 30.2 Å². The van der Waals surface area contributed by atoms with E-state index in [9.17, 15) is 0 Å². The van der Waals surface area contributed by atoms with Crippen molar-refractivity contribution >= 4 is 23.2 Å². The SMILES string of the molecule is CC(OC1OCCNC1c1ccccc1)c1cc(Cl)cc(Cl)c1. The van der Waals surface area contributed by atoms with Crippen LogP contribution < -0.4 is 5.32 Å². The fourth-order valence-electron chi connectivity index (χ4n) is 2.72. The molecule has 23 heavy (non-hydrogen) atoms. The second-order valence-electron chi connectivity index (χ2n) is 5.56. The summed E-state index contributed by atoms with van der Waals surface area (Å²) in [5, 5.41) is 4.67. The summed E-state index contributed by atoms with van der Waals surface area (Å²) in [5.41, 5.74) is 2.08. The van der Waals surface area contributed by atoms with Gasteiger partial charge in [0.2, 0.25) is 0 Å². The molecule has 1 fully saturated rings. The Morgan fingerprint density at radius 3 is 2.52 bits per heavy atom. The summed E-state index contributed by atoms with van der Waals surface area (Å²) in [6.07, 6.45) is -0.541. The predicted molar refractivity (Wildman–Crippen MR) is 92.9 cm³/mol. The van der Waals surface area contributed by atoms with E-state index in [1.807, 2.05) is 37.3 Å².